The molecule has 0 atom stereocenters. The number of thiol groups is 1. The van der Waals surface area contributed by atoms with E-state index in [2.05, 4.69) is 12.6 Å². The highest BCUT2D eigenvalue weighted by molar-refractivity contribution is 8.93. The second-order valence-corrected chi connectivity index (χ2v) is 9.34. The summed E-state index contributed by atoms with van der Waals surface area (Å²) in [5.74, 6) is 1.05. The van der Waals surface area contributed by atoms with E-state index in [-0.39, 0.29) is 4.27 Å². The molecule has 1 heterocycles. The molecule has 0 radical (unpaired) electrons. The fourth-order valence-corrected chi connectivity index (χ4v) is 4.10. The average Bonchev–Trinajstić information content (AvgIpc) is 3.17. The fourth-order valence-electron chi connectivity index (χ4n) is 2.54. The van der Waals surface area contributed by atoms with Crippen molar-refractivity contribution >= 4 is 34.2 Å². The van der Waals surface area contributed by atoms with Gasteiger partial charge in [0.15, 0.2) is 4.27 Å². The molecule has 0 amide bonds. The standard InChI is InChI=1S/C16H32OS3/c17-16(19-20-16)14-12-10-8-6-4-2-1-3-5-7-9-11-13-15-18/h17-18H,1-15H2. The zero-order valence-electron chi connectivity index (χ0n) is 12.8. The van der Waals surface area contributed by atoms with Crippen molar-refractivity contribution < 1.29 is 5.11 Å². The predicted molar refractivity (Wildman–Crippen MR) is 98.6 cm³/mol. The molecule has 0 aromatic rings. The zero-order valence-corrected chi connectivity index (χ0v) is 15.3. The van der Waals surface area contributed by atoms with Gasteiger partial charge in [0.1, 0.15) is 0 Å². The maximum absolute atomic E-state index is 9.64. The summed E-state index contributed by atoms with van der Waals surface area (Å²) in [6.07, 6.45) is 18.8. The van der Waals surface area contributed by atoms with Gasteiger partial charge in [-0.25, -0.2) is 0 Å². The second kappa shape index (κ2) is 12.5. The van der Waals surface area contributed by atoms with Crippen LogP contribution in [0.3, 0.4) is 0 Å². The lowest BCUT2D eigenvalue weighted by Crippen LogP contribution is -2.01. The Hall–Kier alpha value is 1.01. The molecular weight excluding hydrogens is 304 g/mol. The molecule has 1 saturated heterocycles. The Labute approximate surface area is 139 Å². The van der Waals surface area contributed by atoms with Gasteiger partial charge in [-0.05, 0) is 46.6 Å². The predicted octanol–water partition coefficient (Wildman–Crippen LogP) is 6.42. The summed E-state index contributed by atoms with van der Waals surface area (Å²) in [5.41, 5.74) is 0. The third-order valence-electron chi connectivity index (χ3n) is 3.93. The average molecular weight is 337 g/mol. The highest BCUT2D eigenvalue weighted by Gasteiger charge is 2.42. The lowest BCUT2D eigenvalue weighted by molar-refractivity contribution is 0.226. The summed E-state index contributed by atoms with van der Waals surface area (Å²) >= 11 is 4.24. The first-order chi connectivity index (χ1) is 9.77. The summed E-state index contributed by atoms with van der Waals surface area (Å²) < 4.78 is -0.382. The molecule has 0 spiro atoms. The van der Waals surface area contributed by atoms with E-state index in [1.807, 2.05) is 0 Å². The first kappa shape index (κ1) is 19.1. The molecule has 1 aliphatic rings. The Morgan fingerprint density at radius 1 is 0.600 bits per heavy atom. The summed E-state index contributed by atoms with van der Waals surface area (Å²) in [6.45, 7) is 0. The molecule has 4 heteroatoms. The topological polar surface area (TPSA) is 20.2 Å². The molecule has 1 N–H and O–H groups in total. The van der Waals surface area contributed by atoms with Gasteiger partial charge in [-0.15, -0.1) is 0 Å². The Bertz CT molecular complexity index is 220. The molecule has 0 bridgehead atoms. The molecule has 0 aromatic carbocycles. The van der Waals surface area contributed by atoms with Crippen molar-refractivity contribution in [3.63, 3.8) is 0 Å². The van der Waals surface area contributed by atoms with E-state index in [1.165, 1.54) is 83.5 Å². The van der Waals surface area contributed by atoms with E-state index in [0.29, 0.717) is 0 Å². The minimum absolute atomic E-state index is 0.382. The van der Waals surface area contributed by atoms with E-state index < -0.39 is 0 Å². The van der Waals surface area contributed by atoms with Crippen molar-refractivity contribution in [3.8, 4) is 0 Å². The van der Waals surface area contributed by atoms with Crippen molar-refractivity contribution in [2.75, 3.05) is 5.75 Å². The number of hydrogen-bond acceptors (Lipinski definition) is 4. The number of rotatable bonds is 15. The van der Waals surface area contributed by atoms with Crippen molar-refractivity contribution in [1.29, 1.82) is 0 Å². The van der Waals surface area contributed by atoms with Gasteiger partial charge < -0.3 is 5.11 Å². The molecule has 1 rings (SSSR count). The zero-order chi connectivity index (χ0) is 14.5. The third kappa shape index (κ3) is 11.6. The van der Waals surface area contributed by atoms with Crippen LogP contribution in [0.15, 0.2) is 0 Å². The van der Waals surface area contributed by atoms with Crippen molar-refractivity contribution in [3.05, 3.63) is 0 Å². The Kier molecular flexibility index (Phi) is 12.0. The first-order valence-electron chi connectivity index (χ1n) is 8.47. The molecule has 1 fully saturated rings. The van der Waals surface area contributed by atoms with Gasteiger partial charge in [0.2, 0.25) is 0 Å². The summed E-state index contributed by atoms with van der Waals surface area (Å²) in [5, 5.41) is 9.64. The van der Waals surface area contributed by atoms with Crippen LogP contribution in [0.2, 0.25) is 0 Å². The van der Waals surface area contributed by atoms with E-state index in [9.17, 15) is 5.11 Å². The third-order valence-corrected chi connectivity index (χ3v) is 6.86. The van der Waals surface area contributed by atoms with Gasteiger partial charge in [0.05, 0.1) is 0 Å². The minimum Gasteiger partial charge on any atom is -0.369 e. The van der Waals surface area contributed by atoms with Crippen LogP contribution >= 0.6 is 34.2 Å². The van der Waals surface area contributed by atoms with E-state index in [1.54, 1.807) is 21.6 Å². The molecule has 120 valence electrons. The molecule has 0 saturated carbocycles. The van der Waals surface area contributed by atoms with E-state index in [4.69, 9.17) is 0 Å². The van der Waals surface area contributed by atoms with Gasteiger partial charge in [-0.3, -0.25) is 0 Å². The Balaban J connectivity index is 1.64. The molecule has 0 unspecified atom stereocenters. The van der Waals surface area contributed by atoms with Crippen LogP contribution in [-0.4, -0.2) is 15.1 Å². The van der Waals surface area contributed by atoms with Gasteiger partial charge in [0.25, 0.3) is 0 Å². The van der Waals surface area contributed by atoms with Crippen molar-refractivity contribution in [1.82, 2.24) is 0 Å². The number of aliphatic hydroxyl groups is 1. The van der Waals surface area contributed by atoms with Crippen LogP contribution in [0, 0.1) is 0 Å². The lowest BCUT2D eigenvalue weighted by atomic mass is 10.0. The van der Waals surface area contributed by atoms with E-state index >= 15 is 0 Å². The molecule has 1 nitrogen and oxygen atoms in total. The Morgan fingerprint density at radius 2 is 0.950 bits per heavy atom. The number of hydrogen-bond donors (Lipinski definition) is 2. The SMILES string of the molecule is OC1(CCCCCCCCCCCCCCCS)SS1. The second-order valence-electron chi connectivity index (χ2n) is 5.95. The van der Waals surface area contributed by atoms with Gasteiger partial charge in [-0.1, -0.05) is 70.6 Å². The van der Waals surface area contributed by atoms with Gasteiger partial charge in [-0.2, -0.15) is 12.6 Å². The summed E-state index contributed by atoms with van der Waals surface area (Å²) in [7, 11) is 3.25. The normalized spacial score (nSPS) is 16.5. The molecule has 20 heavy (non-hydrogen) atoms. The Morgan fingerprint density at radius 3 is 1.30 bits per heavy atom. The lowest BCUT2D eigenvalue weighted by Gasteiger charge is -2.04. The van der Waals surface area contributed by atoms with Crippen molar-refractivity contribution in [2.24, 2.45) is 0 Å². The maximum atomic E-state index is 9.64. The first-order valence-corrected chi connectivity index (χ1v) is 11.3. The van der Waals surface area contributed by atoms with Gasteiger partial charge >= 0.3 is 0 Å². The quantitative estimate of drug-likeness (QED) is 0.156. The van der Waals surface area contributed by atoms with Crippen LogP contribution < -0.4 is 0 Å². The minimum atomic E-state index is -0.382. The molecule has 1 aliphatic heterocycles. The molecule has 0 aliphatic carbocycles. The molecule has 0 aromatic heterocycles. The number of unbranched alkanes of at least 4 members (excludes halogenated alkanes) is 12. The maximum Gasteiger partial charge on any atom is 0.177 e. The highest BCUT2D eigenvalue weighted by Crippen LogP contribution is 2.65. The van der Waals surface area contributed by atoms with Crippen LogP contribution in [0.5, 0.6) is 0 Å². The van der Waals surface area contributed by atoms with Gasteiger partial charge in [0, 0.05) is 0 Å². The smallest absolute Gasteiger partial charge is 0.177 e. The van der Waals surface area contributed by atoms with Crippen LogP contribution in [0.1, 0.15) is 89.9 Å². The highest BCUT2D eigenvalue weighted by atomic mass is 33.2. The van der Waals surface area contributed by atoms with Crippen LogP contribution in [0.25, 0.3) is 0 Å². The summed E-state index contributed by atoms with van der Waals surface area (Å²) in [4.78, 5) is 0. The fraction of sp³-hybridized carbons (Fsp3) is 1.00. The van der Waals surface area contributed by atoms with Crippen LogP contribution in [-0.2, 0) is 0 Å². The van der Waals surface area contributed by atoms with Crippen molar-refractivity contribution in [2.45, 2.75) is 94.2 Å². The largest absolute Gasteiger partial charge is 0.369 e. The molecular formula is C16H32OS3. The summed E-state index contributed by atoms with van der Waals surface area (Å²) in [6, 6.07) is 0. The monoisotopic (exact) mass is 336 g/mol. The van der Waals surface area contributed by atoms with Crippen LogP contribution in [0.4, 0.5) is 0 Å². The van der Waals surface area contributed by atoms with E-state index in [0.717, 1.165) is 12.2 Å².